The van der Waals surface area contributed by atoms with E-state index >= 15 is 0 Å². The summed E-state index contributed by atoms with van der Waals surface area (Å²) >= 11 is 0. The number of hydrogen-bond donors (Lipinski definition) is 2. The van der Waals surface area contributed by atoms with Crippen LogP contribution in [0.1, 0.15) is 24.8 Å². The number of nitrogens with zero attached hydrogens (tertiary/aromatic N) is 1. The molecular formula is C12H15FN2O. The van der Waals surface area contributed by atoms with Gasteiger partial charge >= 0.3 is 0 Å². The summed E-state index contributed by atoms with van der Waals surface area (Å²) in [6.45, 7) is 0.923. The molecule has 0 unspecified atom stereocenters. The Morgan fingerprint density at radius 2 is 2.06 bits per heavy atom. The molecule has 1 rings (SSSR count). The third-order valence-electron chi connectivity index (χ3n) is 2.19. The molecule has 4 heteroatoms. The first kappa shape index (κ1) is 12.5. The summed E-state index contributed by atoms with van der Waals surface area (Å²) in [4.78, 5) is 0. The molecule has 0 fully saturated rings. The molecule has 0 saturated heterocycles. The second kappa shape index (κ2) is 6.81. The lowest BCUT2D eigenvalue weighted by atomic mass is 10.2. The summed E-state index contributed by atoms with van der Waals surface area (Å²) in [5, 5.41) is 20.3. The van der Waals surface area contributed by atoms with Gasteiger partial charge in [-0.1, -0.05) is 0 Å². The number of hydrogen-bond acceptors (Lipinski definition) is 3. The molecule has 0 aliphatic heterocycles. The van der Waals surface area contributed by atoms with Crippen LogP contribution in [0.2, 0.25) is 0 Å². The average Bonchev–Trinajstić information content (AvgIpc) is 2.28. The van der Waals surface area contributed by atoms with Crippen LogP contribution in [0.4, 0.5) is 10.1 Å². The van der Waals surface area contributed by atoms with E-state index < -0.39 is 5.82 Å². The first-order valence-corrected chi connectivity index (χ1v) is 5.31. The monoisotopic (exact) mass is 222 g/mol. The molecule has 3 nitrogen and oxygen atoms in total. The minimum absolute atomic E-state index is 0.207. The fourth-order valence-electron chi connectivity index (χ4n) is 1.40. The Morgan fingerprint density at radius 1 is 1.25 bits per heavy atom. The highest BCUT2D eigenvalue weighted by Crippen LogP contribution is 2.13. The van der Waals surface area contributed by atoms with Crippen molar-refractivity contribution in [3.05, 3.63) is 29.6 Å². The van der Waals surface area contributed by atoms with Gasteiger partial charge in [-0.25, -0.2) is 4.39 Å². The SMILES string of the molecule is N#Cc1cc(F)cc(NCCCCCO)c1. The van der Waals surface area contributed by atoms with Crippen LogP contribution in [-0.4, -0.2) is 18.3 Å². The highest BCUT2D eigenvalue weighted by atomic mass is 19.1. The van der Waals surface area contributed by atoms with E-state index in [4.69, 9.17) is 10.4 Å². The van der Waals surface area contributed by atoms with E-state index in [9.17, 15) is 4.39 Å². The number of aliphatic hydroxyl groups excluding tert-OH is 1. The van der Waals surface area contributed by atoms with Crippen LogP contribution in [-0.2, 0) is 0 Å². The summed E-state index contributed by atoms with van der Waals surface area (Å²) < 4.78 is 13.0. The predicted molar refractivity (Wildman–Crippen MR) is 60.5 cm³/mol. The topological polar surface area (TPSA) is 56.0 Å². The first-order valence-electron chi connectivity index (χ1n) is 5.31. The molecular weight excluding hydrogens is 207 g/mol. The third-order valence-corrected chi connectivity index (χ3v) is 2.19. The lowest BCUT2D eigenvalue weighted by Crippen LogP contribution is -2.02. The molecule has 1 aromatic rings. The van der Waals surface area contributed by atoms with Crippen molar-refractivity contribution in [3.8, 4) is 6.07 Å². The normalized spacial score (nSPS) is 9.81. The zero-order valence-corrected chi connectivity index (χ0v) is 9.04. The maximum atomic E-state index is 13.0. The zero-order valence-electron chi connectivity index (χ0n) is 9.04. The van der Waals surface area contributed by atoms with Crippen molar-refractivity contribution in [2.75, 3.05) is 18.5 Å². The smallest absolute Gasteiger partial charge is 0.126 e. The van der Waals surface area contributed by atoms with Crippen LogP contribution >= 0.6 is 0 Å². The number of benzene rings is 1. The van der Waals surface area contributed by atoms with E-state index in [1.807, 2.05) is 6.07 Å². The number of anilines is 1. The number of unbranched alkanes of at least 4 members (excludes halogenated alkanes) is 2. The summed E-state index contributed by atoms with van der Waals surface area (Å²) in [7, 11) is 0. The van der Waals surface area contributed by atoms with Gasteiger partial charge in [-0.15, -0.1) is 0 Å². The molecule has 0 spiro atoms. The van der Waals surface area contributed by atoms with E-state index in [2.05, 4.69) is 5.32 Å². The number of rotatable bonds is 6. The van der Waals surface area contributed by atoms with Gasteiger partial charge in [0.1, 0.15) is 5.82 Å². The molecule has 0 aliphatic carbocycles. The molecule has 1 aromatic carbocycles. The highest BCUT2D eigenvalue weighted by Gasteiger charge is 1.99. The van der Waals surface area contributed by atoms with Gasteiger partial charge in [-0.05, 0) is 37.5 Å². The molecule has 0 bridgehead atoms. The van der Waals surface area contributed by atoms with Crippen LogP contribution in [0.5, 0.6) is 0 Å². The Hall–Kier alpha value is -1.60. The summed E-state index contributed by atoms with van der Waals surface area (Å²) in [5.41, 5.74) is 0.943. The molecule has 16 heavy (non-hydrogen) atoms. The number of nitriles is 1. The summed E-state index contributed by atoms with van der Waals surface area (Å²) in [6, 6.07) is 6.10. The molecule has 0 heterocycles. The Kier molecular flexibility index (Phi) is 5.30. The van der Waals surface area contributed by atoms with Crippen LogP contribution in [0.25, 0.3) is 0 Å². The predicted octanol–water partition coefficient (Wildman–Crippen LogP) is 2.27. The average molecular weight is 222 g/mol. The number of halogens is 1. The van der Waals surface area contributed by atoms with Crippen LogP contribution in [0, 0.1) is 17.1 Å². The fraction of sp³-hybridized carbons (Fsp3) is 0.417. The second-order valence-electron chi connectivity index (χ2n) is 3.55. The van der Waals surface area contributed by atoms with Gasteiger partial charge in [0.05, 0.1) is 11.6 Å². The molecule has 0 saturated carbocycles. The lowest BCUT2D eigenvalue weighted by Gasteiger charge is -2.06. The molecule has 0 aliphatic rings. The van der Waals surface area contributed by atoms with Crippen molar-refractivity contribution in [2.24, 2.45) is 0 Å². The van der Waals surface area contributed by atoms with Crippen molar-refractivity contribution < 1.29 is 9.50 Å². The van der Waals surface area contributed by atoms with Crippen molar-refractivity contribution >= 4 is 5.69 Å². The maximum Gasteiger partial charge on any atom is 0.126 e. The molecule has 86 valence electrons. The Balaban J connectivity index is 2.42. The van der Waals surface area contributed by atoms with Gasteiger partial charge in [0, 0.05) is 18.8 Å². The Morgan fingerprint density at radius 3 is 2.75 bits per heavy atom. The number of aliphatic hydroxyl groups is 1. The maximum absolute atomic E-state index is 13.0. The van der Waals surface area contributed by atoms with Crippen molar-refractivity contribution in [1.82, 2.24) is 0 Å². The molecule has 0 amide bonds. The van der Waals surface area contributed by atoms with E-state index in [0.717, 1.165) is 19.3 Å². The van der Waals surface area contributed by atoms with Crippen LogP contribution in [0.15, 0.2) is 18.2 Å². The van der Waals surface area contributed by atoms with E-state index in [-0.39, 0.29) is 6.61 Å². The standard InChI is InChI=1S/C12H15FN2O/c13-11-6-10(9-14)7-12(8-11)15-4-2-1-3-5-16/h6-8,15-16H,1-5H2. The van der Waals surface area contributed by atoms with Gasteiger partial charge in [0.2, 0.25) is 0 Å². The van der Waals surface area contributed by atoms with E-state index in [1.165, 1.54) is 12.1 Å². The minimum atomic E-state index is -0.406. The van der Waals surface area contributed by atoms with E-state index in [0.29, 0.717) is 17.8 Å². The van der Waals surface area contributed by atoms with Gasteiger partial charge in [-0.2, -0.15) is 5.26 Å². The third kappa shape index (κ3) is 4.28. The van der Waals surface area contributed by atoms with Gasteiger partial charge < -0.3 is 10.4 Å². The van der Waals surface area contributed by atoms with E-state index in [1.54, 1.807) is 6.07 Å². The molecule has 0 aromatic heterocycles. The zero-order chi connectivity index (χ0) is 11.8. The minimum Gasteiger partial charge on any atom is -0.396 e. The van der Waals surface area contributed by atoms with Gasteiger partial charge in [0.25, 0.3) is 0 Å². The molecule has 0 radical (unpaired) electrons. The summed E-state index contributed by atoms with van der Waals surface area (Å²) in [5.74, 6) is -0.406. The van der Waals surface area contributed by atoms with Gasteiger partial charge in [0.15, 0.2) is 0 Å². The number of nitrogens with one attached hydrogen (secondary N) is 1. The quantitative estimate of drug-likeness (QED) is 0.726. The van der Waals surface area contributed by atoms with Crippen molar-refractivity contribution in [2.45, 2.75) is 19.3 Å². The van der Waals surface area contributed by atoms with Gasteiger partial charge in [-0.3, -0.25) is 0 Å². The first-order chi connectivity index (χ1) is 7.76. The Bertz CT molecular complexity index is 374. The Labute approximate surface area is 94.5 Å². The van der Waals surface area contributed by atoms with Crippen LogP contribution < -0.4 is 5.32 Å². The van der Waals surface area contributed by atoms with Crippen LogP contribution in [0.3, 0.4) is 0 Å². The van der Waals surface area contributed by atoms with Crippen molar-refractivity contribution in [3.63, 3.8) is 0 Å². The largest absolute Gasteiger partial charge is 0.396 e. The molecule has 0 atom stereocenters. The second-order valence-corrected chi connectivity index (χ2v) is 3.55. The van der Waals surface area contributed by atoms with Crippen molar-refractivity contribution in [1.29, 1.82) is 5.26 Å². The highest BCUT2D eigenvalue weighted by molar-refractivity contribution is 5.49. The molecule has 2 N–H and O–H groups in total. The summed E-state index contributed by atoms with van der Waals surface area (Å²) in [6.07, 6.45) is 2.64. The lowest BCUT2D eigenvalue weighted by molar-refractivity contribution is 0.283. The fourth-order valence-corrected chi connectivity index (χ4v) is 1.40.